The SMILES string of the molecule is C=C(C)[C@@H](CN(CC1CC1)S(=O)(=O)c1cccs1)NC(=O)N[C@H](C(=O)N1C[C@H]2[C@@H]([C@H]1C(=O)NC(CC1CCC1)C(=O)C(N)=O)C2(C)C)C(C)(C)C. The summed E-state index contributed by atoms with van der Waals surface area (Å²) in [5.74, 6) is -2.58. The monoisotopic (exact) mass is 746 g/mol. The highest BCUT2D eigenvalue weighted by molar-refractivity contribution is 7.91. The molecule has 1 aromatic rings. The van der Waals surface area contributed by atoms with Crippen molar-refractivity contribution < 1.29 is 32.4 Å². The van der Waals surface area contributed by atoms with Crippen molar-refractivity contribution in [1.82, 2.24) is 25.2 Å². The summed E-state index contributed by atoms with van der Waals surface area (Å²) < 4.78 is 28.8. The van der Waals surface area contributed by atoms with Crippen LogP contribution in [0.1, 0.15) is 80.1 Å². The van der Waals surface area contributed by atoms with Gasteiger partial charge < -0.3 is 26.6 Å². The molecule has 1 unspecified atom stereocenters. The Labute approximate surface area is 305 Å². The van der Waals surface area contributed by atoms with Gasteiger partial charge in [0, 0.05) is 19.6 Å². The lowest BCUT2D eigenvalue weighted by Crippen LogP contribution is -2.62. The second kappa shape index (κ2) is 14.6. The maximum absolute atomic E-state index is 14.4. The van der Waals surface area contributed by atoms with Gasteiger partial charge in [-0.1, -0.05) is 72.1 Å². The molecule has 4 fully saturated rings. The van der Waals surface area contributed by atoms with E-state index in [0.717, 1.165) is 43.4 Å². The van der Waals surface area contributed by atoms with E-state index in [4.69, 9.17) is 5.73 Å². The molecule has 6 atom stereocenters. The minimum atomic E-state index is -3.80. The standard InChI is InChI=1S/C36H54N6O7S2/c1-20(2)25(19-41(17-22-13-14-22)51(48,49)26-12-9-15-50-26)39-34(47)40-30(35(3,4)5)33(46)42-18-23-27(36(23,6)7)28(42)32(45)38-24(29(43)31(37)44)16-21-10-8-11-21/h9,12,15,21-25,27-28,30H,1,8,10-11,13-14,16-19H2,2-7H3,(H2,37,44)(H,38,45)(H2,39,40,47)/t23-,24?,25+,27-,28-,30+/m0/s1. The van der Waals surface area contributed by atoms with Crippen LogP contribution < -0.4 is 21.7 Å². The number of thiophene rings is 1. The van der Waals surface area contributed by atoms with Crippen LogP contribution in [0.2, 0.25) is 0 Å². The molecule has 5 amide bonds. The van der Waals surface area contributed by atoms with Crippen LogP contribution in [0.25, 0.3) is 0 Å². The second-order valence-corrected chi connectivity index (χ2v) is 19.8. The third-order valence-electron chi connectivity index (χ3n) is 11.4. The maximum Gasteiger partial charge on any atom is 0.315 e. The zero-order chi connectivity index (χ0) is 37.6. The largest absolute Gasteiger partial charge is 0.363 e. The smallest absolute Gasteiger partial charge is 0.315 e. The molecule has 3 aliphatic carbocycles. The molecule has 15 heteroatoms. The fourth-order valence-corrected chi connectivity index (χ4v) is 10.3. The van der Waals surface area contributed by atoms with Crippen LogP contribution in [-0.2, 0) is 29.2 Å². The molecule has 3 saturated carbocycles. The molecule has 1 aromatic heterocycles. The number of hydrogen-bond donors (Lipinski definition) is 4. The molecule has 0 radical (unpaired) electrons. The average Bonchev–Trinajstić information content (AvgIpc) is 3.70. The van der Waals surface area contributed by atoms with E-state index in [1.165, 1.54) is 9.21 Å². The lowest BCUT2D eigenvalue weighted by molar-refractivity contribution is -0.145. The van der Waals surface area contributed by atoms with Crippen LogP contribution in [0.4, 0.5) is 4.79 Å². The summed E-state index contributed by atoms with van der Waals surface area (Å²) in [6.45, 7) is 15.9. The van der Waals surface area contributed by atoms with E-state index in [1.54, 1.807) is 24.4 Å². The summed E-state index contributed by atoms with van der Waals surface area (Å²) in [4.78, 5) is 68.3. The van der Waals surface area contributed by atoms with Gasteiger partial charge in [-0.2, -0.15) is 4.31 Å². The quantitative estimate of drug-likeness (QED) is 0.148. The lowest BCUT2D eigenvalue weighted by Gasteiger charge is -2.38. The number of nitrogens with zero attached hydrogens (tertiary/aromatic N) is 2. The van der Waals surface area contributed by atoms with Gasteiger partial charge in [0.1, 0.15) is 16.3 Å². The van der Waals surface area contributed by atoms with Crippen LogP contribution in [0.15, 0.2) is 33.9 Å². The number of piperidine rings is 1. The number of hydrogen-bond acceptors (Lipinski definition) is 8. The predicted octanol–water partition coefficient (Wildman–Crippen LogP) is 3.02. The average molecular weight is 747 g/mol. The molecule has 51 heavy (non-hydrogen) atoms. The van der Waals surface area contributed by atoms with Crippen LogP contribution in [0, 0.1) is 34.5 Å². The number of urea groups is 1. The number of likely N-dealkylation sites (tertiary alicyclic amines) is 1. The highest BCUT2D eigenvalue weighted by atomic mass is 32.2. The number of nitrogens with two attached hydrogens (primary N) is 1. The molecule has 0 spiro atoms. The Kier molecular flexibility index (Phi) is 11.2. The zero-order valence-corrected chi connectivity index (χ0v) is 32.2. The Hall–Kier alpha value is -3.30. The summed E-state index contributed by atoms with van der Waals surface area (Å²) in [6, 6.07) is -1.20. The minimum absolute atomic E-state index is 0.0214. The first-order valence-corrected chi connectivity index (χ1v) is 20.3. The minimum Gasteiger partial charge on any atom is -0.363 e. The van der Waals surface area contributed by atoms with Gasteiger partial charge >= 0.3 is 6.03 Å². The third kappa shape index (κ3) is 8.51. The van der Waals surface area contributed by atoms with Crippen LogP contribution >= 0.6 is 11.3 Å². The Morgan fingerprint density at radius 2 is 1.73 bits per heavy atom. The first-order valence-electron chi connectivity index (χ1n) is 17.9. The highest BCUT2D eigenvalue weighted by Gasteiger charge is 2.70. The first-order chi connectivity index (χ1) is 23.7. The summed E-state index contributed by atoms with van der Waals surface area (Å²) in [5.41, 5.74) is 4.89. The number of carbonyl (C=O) groups excluding carboxylic acids is 5. The normalized spacial score (nSPS) is 24.5. The lowest BCUT2D eigenvalue weighted by atomic mass is 9.80. The van der Waals surface area contributed by atoms with Crippen LogP contribution in [0.5, 0.6) is 0 Å². The van der Waals surface area contributed by atoms with E-state index in [2.05, 4.69) is 22.5 Å². The van der Waals surface area contributed by atoms with Crippen molar-refractivity contribution >= 4 is 50.9 Å². The molecule has 4 aliphatic rings. The molecule has 2 heterocycles. The number of rotatable bonds is 16. The molecule has 5 N–H and O–H groups in total. The van der Waals surface area contributed by atoms with E-state index >= 15 is 0 Å². The van der Waals surface area contributed by atoms with Crippen molar-refractivity contribution in [3.05, 3.63) is 29.7 Å². The van der Waals surface area contributed by atoms with Gasteiger partial charge in [0.2, 0.25) is 17.6 Å². The van der Waals surface area contributed by atoms with E-state index in [-0.39, 0.29) is 39.8 Å². The fraction of sp³-hybridized carbons (Fsp3) is 0.694. The first kappa shape index (κ1) is 38.9. The number of sulfonamides is 1. The molecule has 1 saturated heterocycles. The number of fused-ring (bicyclic) bond motifs is 1. The van der Waals surface area contributed by atoms with Crippen LogP contribution in [-0.4, -0.2) is 91.0 Å². The van der Waals surface area contributed by atoms with Gasteiger partial charge in [0.05, 0.1) is 12.1 Å². The maximum atomic E-state index is 14.4. The van der Waals surface area contributed by atoms with Gasteiger partial charge in [0.15, 0.2) is 0 Å². The van der Waals surface area contributed by atoms with Gasteiger partial charge in [-0.05, 0) is 72.1 Å². The van der Waals surface area contributed by atoms with E-state index in [0.29, 0.717) is 25.1 Å². The second-order valence-electron chi connectivity index (χ2n) is 16.7. The number of ketones is 1. The zero-order valence-electron chi connectivity index (χ0n) is 30.6. The number of carbonyl (C=O) groups is 5. The predicted molar refractivity (Wildman–Crippen MR) is 194 cm³/mol. The Balaban J connectivity index is 1.32. The number of Topliss-reactive ketones (excluding diaryl/α,β-unsaturated/α-hetero) is 1. The summed E-state index contributed by atoms with van der Waals surface area (Å²) in [6.07, 6.45) is 5.02. The van der Waals surface area contributed by atoms with E-state index in [9.17, 15) is 32.4 Å². The van der Waals surface area contributed by atoms with Crippen molar-refractivity contribution in [3.63, 3.8) is 0 Å². The molecular formula is C36H54N6O7S2. The fourth-order valence-electron chi connectivity index (χ4n) is 7.61. The molecular weight excluding hydrogens is 693 g/mol. The van der Waals surface area contributed by atoms with E-state index in [1.807, 2.05) is 34.6 Å². The third-order valence-corrected chi connectivity index (χ3v) is 14.6. The molecule has 13 nitrogen and oxygen atoms in total. The molecule has 5 rings (SSSR count). The van der Waals surface area contributed by atoms with Crippen molar-refractivity contribution in [3.8, 4) is 0 Å². The summed E-state index contributed by atoms with van der Waals surface area (Å²) in [5, 5.41) is 10.2. The number of amides is 5. The number of primary amides is 1. The van der Waals surface area contributed by atoms with Crippen molar-refractivity contribution in [2.75, 3.05) is 19.6 Å². The highest BCUT2D eigenvalue weighted by Crippen LogP contribution is 2.65. The molecule has 0 bridgehead atoms. The van der Waals surface area contributed by atoms with Gasteiger partial charge in [0.25, 0.3) is 15.9 Å². The van der Waals surface area contributed by atoms with Gasteiger partial charge in [-0.3, -0.25) is 19.2 Å². The van der Waals surface area contributed by atoms with Gasteiger partial charge in [-0.15, -0.1) is 11.3 Å². The topological polar surface area (TPSA) is 188 Å². The molecule has 0 aromatic carbocycles. The number of nitrogens with one attached hydrogen (secondary N) is 3. The van der Waals surface area contributed by atoms with E-state index < -0.39 is 69.1 Å². The molecule has 282 valence electrons. The van der Waals surface area contributed by atoms with Gasteiger partial charge in [-0.25, -0.2) is 13.2 Å². The molecule has 1 aliphatic heterocycles. The Bertz CT molecular complexity index is 1650. The van der Waals surface area contributed by atoms with Crippen LogP contribution in [0.3, 0.4) is 0 Å². The van der Waals surface area contributed by atoms with Crippen molar-refractivity contribution in [1.29, 1.82) is 0 Å². The Morgan fingerprint density at radius 3 is 2.24 bits per heavy atom. The Morgan fingerprint density at radius 1 is 1.06 bits per heavy atom. The summed E-state index contributed by atoms with van der Waals surface area (Å²) >= 11 is 1.14. The summed E-state index contributed by atoms with van der Waals surface area (Å²) in [7, 11) is -3.80. The van der Waals surface area contributed by atoms with Crippen molar-refractivity contribution in [2.24, 2.45) is 40.2 Å². The van der Waals surface area contributed by atoms with Crippen molar-refractivity contribution in [2.45, 2.75) is 108 Å².